The monoisotopic (exact) mass is 609 g/mol. The molecule has 2 N–H and O–H groups in total. The van der Waals surface area contributed by atoms with Gasteiger partial charge in [-0.2, -0.15) is 5.26 Å². The van der Waals surface area contributed by atoms with Crippen molar-refractivity contribution < 1.29 is 9.90 Å². The summed E-state index contributed by atoms with van der Waals surface area (Å²) in [5.41, 5.74) is 5.93. The highest BCUT2D eigenvalue weighted by atomic mass is 35.5. The zero-order valence-electron chi connectivity index (χ0n) is 23.4. The highest BCUT2D eigenvalue weighted by molar-refractivity contribution is 7.99. The molecule has 3 heterocycles. The van der Waals surface area contributed by atoms with Gasteiger partial charge in [-0.05, 0) is 41.0 Å². The first-order valence-electron chi connectivity index (χ1n) is 13.7. The number of carbonyl (C=O) groups is 1. The number of hydrogen-bond acceptors (Lipinski definition) is 7. The van der Waals surface area contributed by atoms with Crippen LogP contribution in [0.3, 0.4) is 0 Å². The van der Waals surface area contributed by atoms with E-state index in [4.69, 9.17) is 16.7 Å². The summed E-state index contributed by atoms with van der Waals surface area (Å²) < 4.78 is 1.94. The molecule has 0 saturated carbocycles. The van der Waals surface area contributed by atoms with Gasteiger partial charge in [0.05, 0.1) is 21.8 Å². The van der Waals surface area contributed by atoms with Crippen molar-refractivity contribution in [1.82, 2.24) is 24.3 Å². The summed E-state index contributed by atoms with van der Waals surface area (Å²) >= 11 is 8.12. The summed E-state index contributed by atoms with van der Waals surface area (Å²) in [7, 11) is 1.94. The predicted molar refractivity (Wildman–Crippen MR) is 169 cm³/mol. The Balaban J connectivity index is 1.19. The molecule has 9 nitrogen and oxygen atoms in total. The van der Waals surface area contributed by atoms with Gasteiger partial charge in [-0.1, -0.05) is 59.8 Å². The first-order chi connectivity index (χ1) is 20.9. The maximum Gasteiger partial charge on any atom is 0.407 e. The molecule has 0 aliphatic carbocycles. The minimum atomic E-state index is -0.852. The fourth-order valence-electron chi connectivity index (χ4n) is 5.10. The van der Waals surface area contributed by atoms with Crippen LogP contribution in [-0.2, 0) is 13.6 Å². The lowest BCUT2D eigenvalue weighted by Crippen LogP contribution is -2.47. The average molecular weight is 610 g/mol. The Morgan fingerprint density at radius 1 is 1.05 bits per heavy atom. The molecule has 3 aromatic carbocycles. The second-order valence-corrected chi connectivity index (χ2v) is 11.7. The molecular weight excluding hydrogens is 582 g/mol. The first-order valence-corrected chi connectivity index (χ1v) is 14.9. The number of nitrogens with one attached hydrogen (secondary N) is 1. The van der Waals surface area contributed by atoms with Gasteiger partial charge in [0.2, 0.25) is 0 Å². The highest BCUT2D eigenvalue weighted by Gasteiger charge is 2.20. The lowest BCUT2D eigenvalue weighted by molar-refractivity contribution is 0.103. The first kappa shape index (κ1) is 28.6. The van der Waals surface area contributed by atoms with Crippen LogP contribution in [0.25, 0.3) is 22.0 Å². The Labute approximate surface area is 258 Å². The lowest BCUT2D eigenvalue weighted by Gasteiger charge is -2.33. The van der Waals surface area contributed by atoms with E-state index in [1.165, 1.54) is 22.2 Å². The van der Waals surface area contributed by atoms with Gasteiger partial charge >= 0.3 is 6.09 Å². The molecule has 2 aromatic heterocycles. The number of hydrogen-bond donors (Lipinski definition) is 2. The second-order valence-electron chi connectivity index (χ2n) is 10.3. The van der Waals surface area contributed by atoms with Crippen molar-refractivity contribution in [3.8, 4) is 17.2 Å². The third-order valence-corrected chi connectivity index (χ3v) is 9.08. The largest absolute Gasteiger partial charge is 0.465 e. The summed E-state index contributed by atoms with van der Waals surface area (Å²) in [4.78, 5) is 24.7. The number of aryl methyl sites for hydroxylation is 1. The standard InChI is InChI=1S/C32H28ClN7O2S/c1-38-11-10-35-31(38)43-29-9-7-25(17-27(29)33)37-30-24(18-34)19-36-28-16-23(6-8-26(28)30)22-4-2-21(3-5-22)20-39-12-14-40(15-13-39)32(41)42/h2-11,16-17,19H,12-15,20H2,1H3,(H,36,37)(H,41,42). The number of imidazole rings is 1. The number of fused-ring (bicyclic) bond motifs is 1. The van der Waals surface area contributed by atoms with Crippen molar-refractivity contribution in [3.05, 3.63) is 95.4 Å². The molecule has 1 aliphatic heterocycles. The molecule has 1 saturated heterocycles. The number of rotatable bonds is 7. The molecule has 216 valence electrons. The molecular formula is C32H28ClN7O2S. The molecule has 0 atom stereocenters. The van der Waals surface area contributed by atoms with Crippen LogP contribution in [-0.4, -0.2) is 61.7 Å². The topological polar surface area (TPSA) is 110 Å². The number of pyridine rings is 1. The van der Waals surface area contributed by atoms with Crippen LogP contribution >= 0.6 is 23.4 Å². The van der Waals surface area contributed by atoms with Gasteiger partial charge < -0.3 is 19.9 Å². The van der Waals surface area contributed by atoms with Gasteiger partial charge in [0, 0.05) is 74.3 Å². The number of anilines is 2. The maximum atomic E-state index is 11.2. The number of carboxylic acid groups (broad SMARTS) is 1. The summed E-state index contributed by atoms with van der Waals surface area (Å²) in [5.74, 6) is 0. The molecule has 0 spiro atoms. The van der Waals surface area contributed by atoms with E-state index in [9.17, 15) is 10.1 Å². The zero-order valence-corrected chi connectivity index (χ0v) is 24.9. The van der Waals surface area contributed by atoms with Crippen molar-refractivity contribution in [1.29, 1.82) is 5.26 Å². The van der Waals surface area contributed by atoms with Gasteiger partial charge in [0.15, 0.2) is 5.16 Å². The summed E-state index contributed by atoms with van der Waals surface area (Å²) in [5, 5.41) is 24.7. The molecule has 0 radical (unpaired) electrons. The zero-order chi connectivity index (χ0) is 29.9. The number of nitrogens with zero attached hydrogens (tertiary/aromatic N) is 6. The van der Waals surface area contributed by atoms with E-state index in [-0.39, 0.29) is 0 Å². The quantitative estimate of drug-likeness (QED) is 0.206. The SMILES string of the molecule is Cn1ccnc1Sc1ccc(Nc2c(C#N)cnc3cc(-c4ccc(CN5CCN(C(=O)O)CC5)cc4)ccc23)cc1Cl. The van der Waals surface area contributed by atoms with Crippen LogP contribution in [0.4, 0.5) is 16.2 Å². The highest BCUT2D eigenvalue weighted by Crippen LogP contribution is 2.36. The molecule has 1 amide bonds. The number of aromatic nitrogens is 3. The maximum absolute atomic E-state index is 11.2. The van der Waals surface area contributed by atoms with Crippen LogP contribution in [0.1, 0.15) is 11.1 Å². The van der Waals surface area contributed by atoms with Gasteiger partial charge in [0.1, 0.15) is 6.07 Å². The Morgan fingerprint density at radius 3 is 2.49 bits per heavy atom. The van der Waals surface area contributed by atoms with Crippen molar-refractivity contribution in [2.45, 2.75) is 16.6 Å². The van der Waals surface area contributed by atoms with Gasteiger partial charge in [-0.25, -0.2) is 9.78 Å². The van der Waals surface area contributed by atoms with Crippen molar-refractivity contribution >= 4 is 51.7 Å². The molecule has 0 bridgehead atoms. The molecule has 1 aliphatic rings. The van der Waals surface area contributed by atoms with E-state index in [1.54, 1.807) is 12.4 Å². The minimum absolute atomic E-state index is 0.441. The number of nitriles is 1. The van der Waals surface area contributed by atoms with Crippen LogP contribution in [0.15, 0.2) is 89.3 Å². The summed E-state index contributed by atoms with van der Waals surface area (Å²) in [6.07, 6.45) is 4.38. The third-order valence-electron chi connectivity index (χ3n) is 7.51. The van der Waals surface area contributed by atoms with E-state index in [0.29, 0.717) is 29.4 Å². The third kappa shape index (κ3) is 6.29. The number of benzene rings is 3. The molecule has 6 rings (SSSR count). The molecule has 5 aromatic rings. The normalized spacial score (nSPS) is 13.7. The van der Waals surface area contributed by atoms with Crippen molar-refractivity contribution in [2.24, 2.45) is 7.05 Å². The lowest BCUT2D eigenvalue weighted by atomic mass is 10.0. The van der Waals surface area contributed by atoms with E-state index in [1.807, 2.05) is 54.2 Å². The summed E-state index contributed by atoms with van der Waals surface area (Å²) in [6.45, 7) is 3.31. The Bertz CT molecular complexity index is 1840. The summed E-state index contributed by atoms with van der Waals surface area (Å²) in [6, 6.07) is 22.5. The Kier molecular flexibility index (Phi) is 8.20. The molecule has 1 fully saturated rings. The van der Waals surface area contributed by atoms with Crippen molar-refractivity contribution in [3.63, 3.8) is 0 Å². The molecule has 43 heavy (non-hydrogen) atoms. The predicted octanol–water partition coefficient (Wildman–Crippen LogP) is 6.85. The number of piperazine rings is 1. The fraction of sp³-hybridized carbons (Fsp3) is 0.188. The van der Waals surface area contributed by atoms with Crippen LogP contribution in [0, 0.1) is 11.3 Å². The van der Waals surface area contributed by atoms with Gasteiger partial charge in [-0.15, -0.1) is 0 Å². The second kappa shape index (κ2) is 12.4. The van der Waals surface area contributed by atoms with Crippen LogP contribution in [0.2, 0.25) is 5.02 Å². The Morgan fingerprint density at radius 2 is 1.81 bits per heavy atom. The molecule has 11 heteroatoms. The average Bonchev–Trinajstić information content (AvgIpc) is 3.43. The van der Waals surface area contributed by atoms with Gasteiger partial charge in [0.25, 0.3) is 0 Å². The van der Waals surface area contributed by atoms with Crippen molar-refractivity contribution in [2.75, 3.05) is 31.5 Å². The molecule has 0 unspecified atom stereocenters. The van der Waals surface area contributed by atoms with Crippen LogP contribution in [0.5, 0.6) is 0 Å². The minimum Gasteiger partial charge on any atom is -0.465 e. The van der Waals surface area contributed by atoms with E-state index >= 15 is 0 Å². The fourth-order valence-corrected chi connectivity index (χ4v) is 6.21. The number of amides is 1. The van der Waals surface area contributed by atoms with E-state index in [2.05, 4.69) is 50.5 Å². The van der Waals surface area contributed by atoms with Crippen LogP contribution < -0.4 is 5.32 Å². The van der Waals surface area contributed by atoms with E-state index < -0.39 is 6.09 Å². The smallest absolute Gasteiger partial charge is 0.407 e. The number of halogens is 1. The van der Waals surface area contributed by atoms with E-state index in [0.717, 1.165) is 57.4 Å². The van der Waals surface area contributed by atoms with Gasteiger partial charge in [-0.3, -0.25) is 9.88 Å². The Hall–Kier alpha value is -4.56.